The van der Waals surface area contributed by atoms with Crippen molar-refractivity contribution in [1.82, 2.24) is 9.55 Å². The normalized spacial score (nSPS) is 17.9. The summed E-state index contributed by atoms with van der Waals surface area (Å²) in [6, 6.07) is 11.3. The number of nitrogen functional groups attached to an aromatic ring is 1. The van der Waals surface area contributed by atoms with E-state index < -0.39 is 0 Å². The molecule has 0 saturated carbocycles. The highest BCUT2D eigenvalue weighted by Crippen LogP contribution is 2.37. The second-order valence-electron chi connectivity index (χ2n) is 5.92. The molecule has 2 heterocycles. The molecule has 2 aromatic heterocycles. The van der Waals surface area contributed by atoms with E-state index in [1.807, 2.05) is 6.20 Å². The minimum atomic E-state index is 0.410. The number of nitrogens with two attached hydrogens (primary N) is 1. The van der Waals surface area contributed by atoms with E-state index in [-0.39, 0.29) is 0 Å². The summed E-state index contributed by atoms with van der Waals surface area (Å²) >= 11 is 0. The molecular formula is C18H19N3. The SMILES string of the molecule is Cc1cn(C2CCCc3ccccc32)c2ccnc(N)c12. The first-order chi connectivity index (χ1) is 10.3. The molecule has 1 atom stereocenters. The van der Waals surface area contributed by atoms with Crippen LogP contribution in [0, 0.1) is 6.92 Å². The molecule has 2 N–H and O–H groups in total. The highest BCUT2D eigenvalue weighted by atomic mass is 15.0. The summed E-state index contributed by atoms with van der Waals surface area (Å²) in [6.45, 7) is 2.12. The molecule has 3 aromatic rings. The molecule has 1 aliphatic rings. The van der Waals surface area contributed by atoms with Crippen molar-refractivity contribution in [3.8, 4) is 0 Å². The Morgan fingerprint density at radius 3 is 3.00 bits per heavy atom. The Labute approximate surface area is 124 Å². The van der Waals surface area contributed by atoms with Crippen LogP contribution in [-0.2, 0) is 6.42 Å². The van der Waals surface area contributed by atoms with Gasteiger partial charge in [0.15, 0.2) is 0 Å². The maximum Gasteiger partial charge on any atom is 0.133 e. The topological polar surface area (TPSA) is 43.8 Å². The van der Waals surface area contributed by atoms with Crippen molar-refractivity contribution in [3.63, 3.8) is 0 Å². The molecule has 3 nitrogen and oxygen atoms in total. The first-order valence-corrected chi connectivity index (χ1v) is 7.55. The minimum absolute atomic E-state index is 0.410. The molecule has 0 saturated heterocycles. The van der Waals surface area contributed by atoms with Crippen LogP contribution in [-0.4, -0.2) is 9.55 Å². The first-order valence-electron chi connectivity index (χ1n) is 7.55. The Morgan fingerprint density at radius 1 is 1.24 bits per heavy atom. The van der Waals surface area contributed by atoms with Gasteiger partial charge in [-0.15, -0.1) is 0 Å². The molecule has 0 amide bonds. The number of hydrogen-bond donors (Lipinski definition) is 1. The number of aryl methyl sites for hydroxylation is 2. The highest BCUT2D eigenvalue weighted by molar-refractivity contribution is 5.92. The lowest BCUT2D eigenvalue weighted by molar-refractivity contribution is 0.501. The minimum Gasteiger partial charge on any atom is -0.383 e. The summed E-state index contributed by atoms with van der Waals surface area (Å²) < 4.78 is 2.39. The predicted molar refractivity (Wildman–Crippen MR) is 86.4 cm³/mol. The van der Waals surface area contributed by atoms with Crippen LogP contribution in [0.3, 0.4) is 0 Å². The fourth-order valence-corrected chi connectivity index (χ4v) is 3.70. The third kappa shape index (κ3) is 1.84. The zero-order valence-corrected chi connectivity index (χ0v) is 12.2. The smallest absolute Gasteiger partial charge is 0.133 e. The zero-order valence-electron chi connectivity index (χ0n) is 12.2. The average molecular weight is 277 g/mol. The summed E-state index contributed by atoms with van der Waals surface area (Å²) in [5, 5.41) is 1.10. The van der Waals surface area contributed by atoms with Crippen molar-refractivity contribution in [2.45, 2.75) is 32.2 Å². The van der Waals surface area contributed by atoms with E-state index in [1.165, 1.54) is 41.5 Å². The molecule has 21 heavy (non-hydrogen) atoms. The van der Waals surface area contributed by atoms with Crippen molar-refractivity contribution in [2.75, 3.05) is 5.73 Å². The number of hydrogen-bond acceptors (Lipinski definition) is 2. The van der Waals surface area contributed by atoms with E-state index in [2.05, 4.69) is 53.0 Å². The Balaban J connectivity index is 1.95. The van der Waals surface area contributed by atoms with E-state index in [0.29, 0.717) is 11.9 Å². The predicted octanol–water partition coefficient (Wildman–Crippen LogP) is 3.85. The van der Waals surface area contributed by atoms with Crippen LogP contribution in [0.5, 0.6) is 0 Å². The molecule has 1 aromatic carbocycles. The maximum atomic E-state index is 6.07. The maximum absolute atomic E-state index is 6.07. The number of anilines is 1. The van der Waals surface area contributed by atoms with Crippen LogP contribution in [0.15, 0.2) is 42.7 Å². The van der Waals surface area contributed by atoms with Crippen LogP contribution in [0.1, 0.15) is 35.6 Å². The third-order valence-corrected chi connectivity index (χ3v) is 4.64. The van der Waals surface area contributed by atoms with Gasteiger partial charge in [0.05, 0.1) is 11.6 Å². The van der Waals surface area contributed by atoms with Crippen LogP contribution < -0.4 is 5.73 Å². The number of aromatic nitrogens is 2. The molecule has 0 fully saturated rings. The van der Waals surface area contributed by atoms with Crippen molar-refractivity contribution >= 4 is 16.7 Å². The number of rotatable bonds is 1. The molecule has 0 radical (unpaired) electrons. The molecule has 0 bridgehead atoms. The summed E-state index contributed by atoms with van der Waals surface area (Å²) in [4.78, 5) is 4.24. The number of benzene rings is 1. The Kier molecular flexibility index (Phi) is 2.74. The van der Waals surface area contributed by atoms with Gasteiger partial charge in [-0.1, -0.05) is 24.3 Å². The quantitative estimate of drug-likeness (QED) is 0.734. The lowest BCUT2D eigenvalue weighted by atomic mass is 9.87. The van der Waals surface area contributed by atoms with Gasteiger partial charge in [-0.2, -0.15) is 0 Å². The Bertz CT molecular complexity index is 816. The molecule has 0 aliphatic heterocycles. The van der Waals surface area contributed by atoms with E-state index in [1.54, 1.807) is 0 Å². The summed E-state index contributed by atoms with van der Waals surface area (Å²) in [6.07, 6.45) is 7.65. The molecule has 4 rings (SSSR count). The van der Waals surface area contributed by atoms with Gasteiger partial charge < -0.3 is 10.3 Å². The lowest BCUT2D eigenvalue weighted by Gasteiger charge is -2.27. The molecule has 1 aliphatic carbocycles. The van der Waals surface area contributed by atoms with E-state index >= 15 is 0 Å². The van der Waals surface area contributed by atoms with Gasteiger partial charge in [0.1, 0.15) is 5.82 Å². The van der Waals surface area contributed by atoms with Gasteiger partial charge in [-0.05, 0) is 48.9 Å². The third-order valence-electron chi connectivity index (χ3n) is 4.64. The fraction of sp³-hybridized carbons (Fsp3) is 0.278. The average Bonchev–Trinajstić information content (AvgIpc) is 2.85. The van der Waals surface area contributed by atoms with Gasteiger partial charge in [0, 0.05) is 17.8 Å². The largest absolute Gasteiger partial charge is 0.383 e. The second kappa shape index (κ2) is 4.62. The monoisotopic (exact) mass is 277 g/mol. The second-order valence-corrected chi connectivity index (χ2v) is 5.92. The lowest BCUT2D eigenvalue weighted by Crippen LogP contribution is -2.16. The fourth-order valence-electron chi connectivity index (χ4n) is 3.70. The molecule has 0 spiro atoms. The van der Waals surface area contributed by atoms with Crippen LogP contribution in [0.4, 0.5) is 5.82 Å². The van der Waals surface area contributed by atoms with E-state index in [4.69, 9.17) is 5.73 Å². The molecule has 1 unspecified atom stereocenters. The van der Waals surface area contributed by atoms with E-state index in [0.717, 1.165) is 5.39 Å². The van der Waals surface area contributed by atoms with Gasteiger partial charge in [-0.25, -0.2) is 4.98 Å². The first kappa shape index (κ1) is 12.5. The Hall–Kier alpha value is -2.29. The van der Waals surface area contributed by atoms with Crippen molar-refractivity contribution in [3.05, 3.63) is 59.4 Å². The van der Waals surface area contributed by atoms with Crippen LogP contribution in [0.2, 0.25) is 0 Å². The standard InChI is InChI=1S/C18H19N3/c1-12-11-21(16-9-10-20-18(19)17(12)16)15-8-4-6-13-5-2-3-7-14(13)15/h2-3,5,7,9-11,15H,4,6,8H2,1H3,(H2,19,20). The van der Waals surface area contributed by atoms with Gasteiger partial charge >= 0.3 is 0 Å². The molecule has 106 valence electrons. The zero-order chi connectivity index (χ0) is 14.4. The van der Waals surface area contributed by atoms with Crippen molar-refractivity contribution in [1.29, 1.82) is 0 Å². The summed E-state index contributed by atoms with van der Waals surface area (Å²) in [7, 11) is 0. The number of nitrogens with zero attached hydrogens (tertiary/aromatic N) is 2. The van der Waals surface area contributed by atoms with Gasteiger partial charge in [-0.3, -0.25) is 0 Å². The number of pyridine rings is 1. The van der Waals surface area contributed by atoms with E-state index in [9.17, 15) is 0 Å². The molecule has 3 heteroatoms. The summed E-state index contributed by atoms with van der Waals surface area (Å²) in [5.74, 6) is 0.632. The summed E-state index contributed by atoms with van der Waals surface area (Å²) in [5.41, 5.74) is 11.4. The van der Waals surface area contributed by atoms with Crippen molar-refractivity contribution in [2.24, 2.45) is 0 Å². The van der Waals surface area contributed by atoms with Crippen molar-refractivity contribution < 1.29 is 0 Å². The van der Waals surface area contributed by atoms with Gasteiger partial charge in [0.25, 0.3) is 0 Å². The Morgan fingerprint density at radius 2 is 2.10 bits per heavy atom. The van der Waals surface area contributed by atoms with Crippen LogP contribution in [0.25, 0.3) is 10.9 Å². The molecular weight excluding hydrogens is 258 g/mol. The number of fused-ring (bicyclic) bond motifs is 2. The highest BCUT2D eigenvalue weighted by Gasteiger charge is 2.23. The van der Waals surface area contributed by atoms with Crippen LogP contribution >= 0.6 is 0 Å². The van der Waals surface area contributed by atoms with Gasteiger partial charge in [0.2, 0.25) is 0 Å².